The fraction of sp³-hybridized carbons (Fsp3) is 0.500. The molecule has 1 aromatic rings. The van der Waals surface area contributed by atoms with Crippen molar-refractivity contribution in [3.8, 4) is 0 Å². The van der Waals surface area contributed by atoms with E-state index in [9.17, 15) is 8.42 Å². The summed E-state index contributed by atoms with van der Waals surface area (Å²) in [6.07, 6.45) is 1.28. The van der Waals surface area contributed by atoms with Crippen molar-refractivity contribution in [2.45, 2.75) is 5.75 Å². The summed E-state index contributed by atoms with van der Waals surface area (Å²) in [4.78, 5) is 3.69. The van der Waals surface area contributed by atoms with Gasteiger partial charge in [-0.3, -0.25) is 4.68 Å². The first kappa shape index (κ1) is 8.15. The minimum absolute atomic E-state index is 0.274. The van der Waals surface area contributed by atoms with Crippen LogP contribution in [-0.2, 0) is 22.8 Å². The van der Waals surface area contributed by atoms with Crippen LogP contribution in [0.5, 0.6) is 0 Å². The quantitative estimate of drug-likeness (QED) is 0.600. The van der Waals surface area contributed by atoms with E-state index in [1.165, 1.54) is 11.0 Å². The second-order valence-electron chi connectivity index (χ2n) is 2.11. The largest absolute Gasteiger partial charge is 0.252 e. The molecule has 11 heavy (non-hydrogen) atoms. The molecule has 7 heteroatoms. The van der Waals surface area contributed by atoms with Gasteiger partial charge < -0.3 is 0 Å². The molecule has 2 N–H and O–H groups in total. The van der Waals surface area contributed by atoms with Crippen LogP contribution in [0.3, 0.4) is 0 Å². The van der Waals surface area contributed by atoms with Crippen molar-refractivity contribution >= 4 is 10.0 Å². The standard InChI is InChI=1S/C4H8N4O2S/c1-8-4(6-3-7-8)2-11(5,9)10/h3H,2H2,1H3,(H2,5,9,10). The zero-order valence-corrected chi connectivity index (χ0v) is 6.74. The molecule has 0 aliphatic carbocycles. The van der Waals surface area contributed by atoms with Gasteiger partial charge in [0.2, 0.25) is 10.0 Å². The zero-order chi connectivity index (χ0) is 8.48. The van der Waals surface area contributed by atoms with Gasteiger partial charge in [0.25, 0.3) is 0 Å². The van der Waals surface area contributed by atoms with Crippen LogP contribution in [-0.4, -0.2) is 23.2 Å². The van der Waals surface area contributed by atoms with Gasteiger partial charge in [0, 0.05) is 7.05 Å². The highest BCUT2D eigenvalue weighted by Gasteiger charge is 2.08. The normalized spacial score (nSPS) is 11.8. The Kier molecular flexibility index (Phi) is 1.92. The van der Waals surface area contributed by atoms with E-state index in [0.29, 0.717) is 5.82 Å². The third kappa shape index (κ3) is 2.28. The molecule has 0 aromatic carbocycles. The Morgan fingerprint density at radius 2 is 2.36 bits per heavy atom. The molecular formula is C4H8N4O2S. The lowest BCUT2D eigenvalue weighted by molar-refractivity contribution is 0.592. The molecule has 0 unspecified atom stereocenters. The first-order valence-corrected chi connectivity index (χ1v) is 4.54. The van der Waals surface area contributed by atoms with Crippen molar-refractivity contribution in [1.29, 1.82) is 0 Å². The average Bonchev–Trinajstić information content (AvgIpc) is 2.12. The van der Waals surface area contributed by atoms with Gasteiger partial charge in [-0.15, -0.1) is 0 Å². The predicted molar refractivity (Wildman–Crippen MR) is 37.8 cm³/mol. The molecule has 0 amide bonds. The van der Waals surface area contributed by atoms with Crippen LogP contribution in [0.4, 0.5) is 0 Å². The van der Waals surface area contributed by atoms with E-state index < -0.39 is 10.0 Å². The Morgan fingerprint density at radius 1 is 1.73 bits per heavy atom. The number of rotatable bonds is 2. The highest BCUT2D eigenvalue weighted by molar-refractivity contribution is 7.88. The average molecular weight is 176 g/mol. The van der Waals surface area contributed by atoms with Gasteiger partial charge in [-0.05, 0) is 0 Å². The molecule has 0 aliphatic heterocycles. The number of sulfonamides is 1. The Morgan fingerprint density at radius 3 is 2.73 bits per heavy atom. The Labute approximate surface area is 64.1 Å². The number of hydrogen-bond acceptors (Lipinski definition) is 4. The minimum atomic E-state index is -3.49. The molecule has 0 saturated heterocycles. The maximum atomic E-state index is 10.5. The van der Waals surface area contributed by atoms with Gasteiger partial charge in [-0.2, -0.15) is 5.10 Å². The van der Waals surface area contributed by atoms with Gasteiger partial charge in [0.15, 0.2) is 0 Å². The maximum absolute atomic E-state index is 10.5. The molecule has 0 bridgehead atoms. The highest BCUT2D eigenvalue weighted by atomic mass is 32.2. The third-order valence-corrected chi connectivity index (χ3v) is 1.80. The van der Waals surface area contributed by atoms with Crippen LogP contribution in [0, 0.1) is 0 Å². The number of primary sulfonamides is 1. The second kappa shape index (κ2) is 2.59. The summed E-state index contributed by atoms with van der Waals surface area (Å²) in [6.45, 7) is 0. The van der Waals surface area contributed by atoms with E-state index in [1.807, 2.05) is 0 Å². The van der Waals surface area contributed by atoms with Gasteiger partial charge >= 0.3 is 0 Å². The lowest BCUT2D eigenvalue weighted by atomic mass is 10.7. The van der Waals surface area contributed by atoms with Gasteiger partial charge in [0.1, 0.15) is 17.9 Å². The van der Waals surface area contributed by atoms with Crippen molar-refractivity contribution in [2.24, 2.45) is 12.2 Å². The lowest BCUT2D eigenvalue weighted by Crippen LogP contribution is -2.17. The summed E-state index contributed by atoms with van der Waals surface area (Å²) in [7, 11) is -1.89. The predicted octanol–water partition coefficient (Wildman–Crippen LogP) is -1.40. The Balaban J connectivity index is 2.89. The van der Waals surface area contributed by atoms with Crippen LogP contribution < -0.4 is 5.14 Å². The topological polar surface area (TPSA) is 90.9 Å². The summed E-state index contributed by atoms with van der Waals surface area (Å²) in [5.41, 5.74) is 0. The fourth-order valence-electron chi connectivity index (χ4n) is 0.631. The summed E-state index contributed by atoms with van der Waals surface area (Å²) >= 11 is 0. The molecule has 1 aromatic heterocycles. The maximum Gasteiger partial charge on any atom is 0.216 e. The lowest BCUT2D eigenvalue weighted by Gasteiger charge is -1.95. The molecule has 6 nitrogen and oxygen atoms in total. The van der Waals surface area contributed by atoms with E-state index in [0.717, 1.165) is 0 Å². The van der Waals surface area contributed by atoms with E-state index >= 15 is 0 Å². The van der Waals surface area contributed by atoms with Crippen molar-refractivity contribution in [3.63, 3.8) is 0 Å². The smallest absolute Gasteiger partial charge is 0.216 e. The number of aryl methyl sites for hydroxylation is 1. The SMILES string of the molecule is Cn1ncnc1CS(N)(=O)=O. The molecule has 0 atom stereocenters. The van der Waals surface area contributed by atoms with Crippen LogP contribution in [0.15, 0.2) is 6.33 Å². The Hall–Kier alpha value is -0.950. The van der Waals surface area contributed by atoms with Crippen molar-refractivity contribution < 1.29 is 8.42 Å². The minimum Gasteiger partial charge on any atom is -0.252 e. The number of hydrogen-bond donors (Lipinski definition) is 1. The van der Waals surface area contributed by atoms with E-state index in [1.54, 1.807) is 7.05 Å². The van der Waals surface area contributed by atoms with E-state index in [2.05, 4.69) is 10.1 Å². The summed E-state index contributed by atoms with van der Waals surface area (Å²) in [5, 5.41) is 8.47. The zero-order valence-electron chi connectivity index (χ0n) is 5.93. The van der Waals surface area contributed by atoms with Crippen molar-refractivity contribution in [2.75, 3.05) is 0 Å². The third-order valence-electron chi connectivity index (χ3n) is 1.14. The number of nitrogens with zero attached hydrogens (tertiary/aromatic N) is 3. The first-order chi connectivity index (χ1) is 4.99. The van der Waals surface area contributed by atoms with E-state index in [4.69, 9.17) is 5.14 Å². The van der Waals surface area contributed by atoms with Gasteiger partial charge in [-0.1, -0.05) is 0 Å². The Bertz CT molecular complexity index is 341. The van der Waals surface area contributed by atoms with Crippen LogP contribution in [0.1, 0.15) is 5.82 Å². The van der Waals surface area contributed by atoms with Crippen LogP contribution in [0.2, 0.25) is 0 Å². The highest BCUT2D eigenvalue weighted by Crippen LogP contribution is 1.95. The van der Waals surface area contributed by atoms with Crippen LogP contribution in [0.25, 0.3) is 0 Å². The summed E-state index contributed by atoms with van der Waals surface area (Å²) in [6, 6.07) is 0. The molecule has 1 heterocycles. The monoisotopic (exact) mass is 176 g/mol. The van der Waals surface area contributed by atoms with Crippen LogP contribution >= 0.6 is 0 Å². The number of aromatic nitrogens is 3. The van der Waals surface area contributed by atoms with Gasteiger partial charge in [0.05, 0.1) is 0 Å². The van der Waals surface area contributed by atoms with Gasteiger partial charge in [-0.25, -0.2) is 18.5 Å². The molecule has 0 radical (unpaired) electrons. The number of nitrogens with two attached hydrogens (primary N) is 1. The molecule has 1 rings (SSSR count). The first-order valence-electron chi connectivity index (χ1n) is 2.82. The van der Waals surface area contributed by atoms with Crippen molar-refractivity contribution in [3.05, 3.63) is 12.2 Å². The molecule has 62 valence electrons. The molecule has 0 aliphatic rings. The molecule has 0 spiro atoms. The second-order valence-corrected chi connectivity index (χ2v) is 3.72. The summed E-state index contributed by atoms with van der Waals surface area (Å²) < 4.78 is 22.5. The van der Waals surface area contributed by atoms with Crippen molar-refractivity contribution in [1.82, 2.24) is 14.8 Å². The molecule has 0 saturated carbocycles. The molecule has 0 fully saturated rings. The van der Waals surface area contributed by atoms with E-state index in [-0.39, 0.29) is 5.75 Å². The summed E-state index contributed by atoms with van der Waals surface area (Å²) in [5.74, 6) is 0.0660. The molecular weight excluding hydrogens is 168 g/mol. The fourth-order valence-corrected chi connectivity index (χ4v) is 1.25.